The molecule has 1 atom stereocenters. The van der Waals surface area contributed by atoms with Gasteiger partial charge < -0.3 is 10.1 Å². The average molecular weight is 253 g/mol. The molecule has 1 aromatic carbocycles. The van der Waals surface area contributed by atoms with Crippen molar-refractivity contribution in [1.82, 2.24) is 0 Å². The van der Waals surface area contributed by atoms with Crippen molar-refractivity contribution in [1.29, 1.82) is 0 Å². The summed E-state index contributed by atoms with van der Waals surface area (Å²) in [5.74, 6) is -0.338. The van der Waals surface area contributed by atoms with Gasteiger partial charge in [-0.15, -0.1) is 0 Å². The second-order valence-electron chi connectivity index (χ2n) is 4.04. The van der Waals surface area contributed by atoms with Crippen LogP contribution in [-0.2, 0) is 9.53 Å². The summed E-state index contributed by atoms with van der Waals surface area (Å²) in [5.41, 5.74) is -0.120. The predicted octanol–water partition coefficient (Wildman–Crippen LogP) is 2.83. The van der Waals surface area contributed by atoms with E-state index in [4.69, 9.17) is 16.3 Å². The van der Waals surface area contributed by atoms with Crippen LogP contribution >= 0.6 is 11.6 Å². The van der Waals surface area contributed by atoms with E-state index >= 15 is 0 Å². The smallest absolute Gasteiger partial charge is 0.341 e. The van der Waals surface area contributed by atoms with Gasteiger partial charge in [0.25, 0.3) is 6.02 Å². The van der Waals surface area contributed by atoms with Crippen molar-refractivity contribution >= 4 is 29.3 Å². The molecule has 0 aliphatic carbocycles. The molecule has 5 heteroatoms. The Labute approximate surface area is 105 Å². The Hall–Kier alpha value is -1.55. The first-order chi connectivity index (χ1) is 8.05. The zero-order valence-corrected chi connectivity index (χ0v) is 10.4. The Balaban J connectivity index is 2.20. The van der Waals surface area contributed by atoms with Crippen LogP contribution in [0.1, 0.15) is 20.3 Å². The van der Waals surface area contributed by atoms with E-state index in [0.717, 1.165) is 0 Å². The molecule has 0 unspecified atom stereocenters. The van der Waals surface area contributed by atoms with Gasteiger partial charge in [0.15, 0.2) is 5.54 Å². The number of nitrogens with zero attached hydrogens (tertiary/aromatic N) is 1. The highest BCUT2D eigenvalue weighted by Gasteiger charge is 2.40. The largest absolute Gasteiger partial charge is 0.391 e. The van der Waals surface area contributed by atoms with E-state index in [0.29, 0.717) is 17.1 Å². The normalized spacial score (nSPS) is 23.2. The van der Waals surface area contributed by atoms with Crippen LogP contribution in [0.25, 0.3) is 0 Å². The van der Waals surface area contributed by atoms with E-state index in [9.17, 15) is 4.79 Å². The lowest BCUT2D eigenvalue weighted by molar-refractivity contribution is -0.138. The molecule has 0 radical (unpaired) electrons. The molecule has 1 aliphatic rings. The van der Waals surface area contributed by atoms with Crippen LogP contribution < -0.4 is 5.32 Å². The van der Waals surface area contributed by atoms with Crippen molar-refractivity contribution in [2.75, 3.05) is 5.32 Å². The molecule has 4 nitrogen and oxygen atoms in total. The van der Waals surface area contributed by atoms with Gasteiger partial charge in [0.2, 0.25) is 0 Å². The average Bonchev–Trinajstić information content (AvgIpc) is 2.59. The number of halogens is 1. The molecule has 1 heterocycles. The van der Waals surface area contributed by atoms with Crippen molar-refractivity contribution in [3.63, 3.8) is 0 Å². The molecule has 0 fully saturated rings. The summed E-state index contributed by atoms with van der Waals surface area (Å²) in [5, 5.41) is 3.46. The standard InChI is InChI=1S/C12H13ClN2O2/c1-3-12(2)10(16)17-11(15-12)14-9-7-5-4-6-8(9)13/h4-7H,3H2,1-2H3,(H,14,15)/t12-/m1/s1. The number of benzene rings is 1. The summed E-state index contributed by atoms with van der Waals surface area (Å²) in [6.45, 7) is 3.64. The topological polar surface area (TPSA) is 50.7 Å². The number of hydrogen-bond acceptors (Lipinski definition) is 4. The van der Waals surface area contributed by atoms with Crippen LogP contribution in [0.2, 0.25) is 5.02 Å². The first-order valence-corrected chi connectivity index (χ1v) is 5.76. The highest BCUT2D eigenvalue weighted by Crippen LogP contribution is 2.26. The number of aliphatic imine (C=N–C) groups is 1. The van der Waals surface area contributed by atoms with Gasteiger partial charge in [-0.05, 0) is 25.5 Å². The molecule has 0 amide bonds. The number of nitrogens with one attached hydrogen (secondary N) is 1. The summed E-state index contributed by atoms with van der Waals surface area (Å²) >= 11 is 5.99. The summed E-state index contributed by atoms with van der Waals surface area (Å²) < 4.78 is 5.07. The molecule has 1 N–H and O–H groups in total. The highest BCUT2D eigenvalue weighted by molar-refractivity contribution is 6.33. The van der Waals surface area contributed by atoms with Crippen LogP contribution in [0.15, 0.2) is 29.3 Å². The molecule has 90 valence electrons. The monoisotopic (exact) mass is 252 g/mol. The van der Waals surface area contributed by atoms with Gasteiger partial charge >= 0.3 is 5.97 Å². The molecule has 0 spiro atoms. The van der Waals surface area contributed by atoms with Gasteiger partial charge in [-0.1, -0.05) is 30.7 Å². The predicted molar refractivity (Wildman–Crippen MR) is 67.3 cm³/mol. The maximum absolute atomic E-state index is 11.6. The minimum absolute atomic E-state index is 0.201. The number of carbonyl (C=O) groups excluding carboxylic acids is 1. The van der Waals surface area contributed by atoms with Gasteiger partial charge in [0, 0.05) is 0 Å². The third-order valence-corrected chi connectivity index (χ3v) is 3.11. The summed E-state index contributed by atoms with van der Waals surface area (Å²) in [6, 6.07) is 7.41. The van der Waals surface area contributed by atoms with Crippen molar-refractivity contribution in [2.24, 2.45) is 4.99 Å². The molecule has 0 saturated carbocycles. The lowest BCUT2D eigenvalue weighted by Crippen LogP contribution is -2.28. The van der Waals surface area contributed by atoms with Gasteiger partial charge in [-0.2, -0.15) is 0 Å². The number of para-hydroxylation sites is 1. The fourth-order valence-electron chi connectivity index (χ4n) is 1.44. The summed E-state index contributed by atoms with van der Waals surface area (Å²) in [6.07, 6.45) is 0.597. The minimum Gasteiger partial charge on any atom is -0.391 e. The molecular formula is C12H13ClN2O2. The van der Waals surface area contributed by atoms with Crippen molar-refractivity contribution < 1.29 is 9.53 Å². The molecule has 1 aromatic rings. The fraction of sp³-hybridized carbons (Fsp3) is 0.333. The van der Waals surface area contributed by atoms with Gasteiger partial charge in [0.05, 0.1) is 10.7 Å². The number of cyclic esters (lactones) is 1. The zero-order valence-electron chi connectivity index (χ0n) is 9.66. The van der Waals surface area contributed by atoms with Gasteiger partial charge in [0.1, 0.15) is 0 Å². The Morgan fingerprint density at radius 3 is 2.76 bits per heavy atom. The van der Waals surface area contributed by atoms with E-state index in [1.807, 2.05) is 19.1 Å². The second kappa shape index (κ2) is 4.37. The number of esters is 1. The molecule has 1 aliphatic heterocycles. The third kappa shape index (κ3) is 2.26. The molecule has 0 saturated heterocycles. The van der Waals surface area contributed by atoms with Crippen LogP contribution in [0, 0.1) is 0 Å². The Bertz CT molecular complexity index is 487. The van der Waals surface area contributed by atoms with E-state index in [2.05, 4.69) is 10.3 Å². The SMILES string of the molecule is CC[C@@]1(C)N=C(Nc2ccccc2Cl)OC1=O. The van der Waals surface area contributed by atoms with Crippen LogP contribution in [-0.4, -0.2) is 17.5 Å². The number of anilines is 1. The van der Waals surface area contributed by atoms with Crippen LogP contribution in [0.4, 0.5) is 5.69 Å². The lowest BCUT2D eigenvalue weighted by atomic mass is 10.0. The Morgan fingerprint density at radius 2 is 2.18 bits per heavy atom. The maximum Gasteiger partial charge on any atom is 0.341 e. The quantitative estimate of drug-likeness (QED) is 0.824. The highest BCUT2D eigenvalue weighted by atomic mass is 35.5. The number of rotatable bonds is 2. The van der Waals surface area contributed by atoms with E-state index in [1.54, 1.807) is 19.1 Å². The second-order valence-corrected chi connectivity index (χ2v) is 4.45. The van der Waals surface area contributed by atoms with E-state index in [-0.39, 0.29) is 12.0 Å². The molecule has 17 heavy (non-hydrogen) atoms. The Morgan fingerprint density at radius 1 is 1.47 bits per heavy atom. The van der Waals surface area contributed by atoms with Gasteiger partial charge in [-0.25, -0.2) is 9.79 Å². The molecule has 0 bridgehead atoms. The number of carbonyl (C=O) groups is 1. The van der Waals surface area contributed by atoms with E-state index in [1.165, 1.54) is 0 Å². The van der Waals surface area contributed by atoms with Crippen molar-refractivity contribution in [3.05, 3.63) is 29.3 Å². The summed E-state index contributed by atoms with van der Waals surface area (Å²) in [4.78, 5) is 15.8. The number of amidine groups is 1. The van der Waals surface area contributed by atoms with Crippen LogP contribution in [0.5, 0.6) is 0 Å². The van der Waals surface area contributed by atoms with Gasteiger partial charge in [-0.3, -0.25) is 0 Å². The molecule has 0 aromatic heterocycles. The van der Waals surface area contributed by atoms with Crippen LogP contribution in [0.3, 0.4) is 0 Å². The minimum atomic E-state index is -0.788. The molecule has 2 rings (SSSR count). The first-order valence-electron chi connectivity index (χ1n) is 5.39. The number of hydrogen-bond donors (Lipinski definition) is 1. The zero-order chi connectivity index (χ0) is 12.5. The fourth-order valence-corrected chi connectivity index (χ4v) is 1.63. The van der Waals surface area contributed by atoms with E-state index < -0.39 is 5.54 Å². The Kier molecular flexibility index (Phi) is 3.07. The lowest BCUT2D eigenvalue weighted by Gasteiger charge is -2.10. The van der Waals surface area contributed by atoms with Crippen molar-refractivity contribution in [2.45, 2.75) is 25.8 Å². The number of ether oxygens (including phenoxy) is 1. The maximum atomic E-state index is 11.6. The van der Waals surface area contributed by atoms with Crippen molar-refractivity contribution in [3.8, 4) is 0 Å². The summed E-state index contributed by atoms with van der Waals surface area (Å²) in [7, 11) is 0. The first kappa shape index (κ1) is 11.9. The molecular weight excluding hydrogens is 240 g/mol. The third-order valence-electron chi connectivity index (χ3n) is 2.78.